The summed E-state index contributed by atoms with van der Waals surface area (Å²) in [6.45, 7) is 7.49. The van der Waals surface area contributed by atoms with Gasteiger partial charge in [-0.15, -0.1) is 0 Å². The maximum atomic E-state index is 13.1. The van der Waals surface area contributed by atoms with Crippen molar-refractivity contribution in [2.45, 2.75) is 43.5 Å². The minimum Gasteiger partial charge on any atom is -0.355 e. The van der Waals surface area contributed by atoms with E-state index in [1.807, 2.05) is 22.9 Å². The fourth-order valence-electron chi connectivity index (χ4n) is 4.72. The molecule has 0 spiro atoms. The van der Waals surface area contributed by atoms with Crippen molar-refractivity contribution >= 4 is 26.8 Å². The van der Waals surface area contributed by atoms with Crippen LogP contribution in [0, 0.1) is 0 Å². The highest BCUT2D eigenvalue weighted by molar-refractivity contribution is 7.89. The number of sulfonamides is 1. The molecule has 1 aromatic carbocycles. The van der Waals surface area contributed by atoms with E-state index in [2.05, 4.69) is 22.2 Å². The van der Waals surface area contributed by atoms with E-state index < -0.39 is 10.0 Å². The number of hydrogen-bond acceptors (Lipinski definition) is 5. The van der Waals surface area contributed by atoms with Crippen molar-refractivity contribution in [1.29, 1.82) is 0 Å². The van der Waals surface area contributed by atoms with Crippen LogP contribution in [0.25, 0.3) is 10.9 Å². The predicted octanol–water partition coefficient (Wildman–Crippen LogP) is 1.96. The van der Waals surface area contributed by atoms with E-state index in [4.69, 9.17) is 0 Å². The van der Waals surface area contributed by atoms with Crippen LogP contribution in [-0.2, 0) is 21.4 Å². The lowest BCUT2D eigenvalue weighted by molar-refractivity contribution is -0.121. The van der Waals surface area contributed by atoms with Gasteiger partial charge in [-0.2, -0.15) is 4.31 Å². The summed E-state index contributed by atoms with van der Waals surface area (Å²) in [5.74, 6) is -0.0212. The van der Waals surface area contributed by atoms with Gasteiger partial charge in [-0.25, -0.2) is 8.42 Å². The molecule has 0 saturated carbocycles. The van der Waals surface area contributed by atoms with Crippen molar-refractivity contribution in [1.82, 2.24) is 24.0 Å². The smallest absolute Gasteiger partial charge is 0.243 e. The van der Waals surface area contributed by atoms with E-state index >= 15 is 0 Å². The molecule has 3 heterocycles. The lowest BCUT2D eigenvalue weighted by Gasteiger charge is -2.32. The normalized spacial score (nSPS) is 19.5. The Labute approximate surface area is 197 Å². The number of likely N-dealkylation sites (N-methyl/N-ethyl adjacent to an activating group) is 1. The molecule has 8 nitrogen and oxygen atoms in total. The standard InChI is InChI=1S/C24H37N5O3S/c1-26-15-17-27(18-16-26)11-6-10-25-24(30)20-28-14-9-21-19-22(7-8-23(21)28)33(31,32)29-12-4-2-3-5-13-29/h7-9,14,19H,2-6,10-13,15-18,20H2,1H3,(H,25,30). The number of rotatable bonds is 8. The number of carbonyl (C=O) groups is 1. The van der Waals surface area contributed by atoms with Crippen molar-refractivity contribution in [2.24, 2.45) is 0 Å². The number of piperazine rings is 1. The zero-order valence-corrected chi connectivity index (χ0v) is 20.5. The molecule has 2 aliphatic rings. The second-order valence-corrected chi connectivity index (χ2v) is 11.3. The molecule has 1 N–H and O–H groups in total. The van der Waals surface area contributed by atoms with Gasteiger partial charge in [0.25, 0.3) is 0 Å². The van der Waals surface area contributed by atoms with Gasteiger partial charge in [0.1, 0.15) is 6.54 Å². The van der Waals surface area contributed by atoms with Crippen molar-refractivity contribution < 1.29 is 13.2 Å². The molecule has 33 heavy (non-hydrogen) atoms. The molecular formula is C24H37N5O3S. The number of nitrogens with one attached hydrogen (secondary N) is 1. The summed E-state index contributed by atoms with van der Waals surface area (Å²) in [7, 11) is -1.33. The third kappa shape index (κ3) is 6.15. The van der Waals surface area contributed by atoms with E-state index in [0.717, 1.165) is 75.7 Å². The van der Waals surface area contributed by atoms with Gasteiger partial charge in [-0.1, -0.05) is 12.8 Å². The number of fused-ring (bicyclic) bond motifs is 1. The molecule has 0 radical (unpaired) electrons. The molecule has 0 bridgehead atoms. The van der Waals surface area contributed by atoms with Crippen LogP contribution in [0.1, 0.15) is 32.1 Å². The average Bonchev–Trinajstić information content (AvgIpc) is 3.00. The Balaban J connectivity index is 1.31. The first-order valence-corrected chi connectivity index (χ1v) is 13.6. The van der Waals surface area contributed by atoms with Gasteiger partial charge in [0.15, 0.2) is 0 Å². The Morgan fingerprint density at radius 2 is 1.70 bits per heavy atom. The minimum absolute atomic E-state index is 0.0212. The van der Waals surface area contributed by atoms with Gasteiger partial charge in [-0.3, -0.25) is 4.79 Å². The fraction of sp³-hybridized carbons (Fsp3) is 0.625. The van der Waals surface area contributed by atoms with E-state index in [9.17, 15) is 13.2 Å². The first kappa shape index (κ1) is 24.2. The van der Waals surface area contributed by atoms with E-state index in [1.54, 1.807) is 16.4 Å². The van der Waals surface area contributed by atoms with Crippen molar-refractivity contribution in [3.05, 3.63) is 30.5 Å². The zero-order valence-electron chi connectivity index (χ0n) is 19.7. The van der Waals surface area contributed by atoms with E-state index in [1.165, 1.54) is 0 Å². The molecule has 1 amide bonds. The summed E-state index contributed by atoms with van der Waals surface area (Å²) in [6.07, 6.45) is 6.82. The molecule has 0 unspecified atom stereocenters. The zero-order chi connectivity index (χ0) is 23.3. The molecule has 182 valence electrons. The van der Waals surface area contributed by atoms with E-state index in [-0.39, 0.29) is 12.5 Å². The van der Waals surface area contributed by atoms with Crippen molar-refractivity contribution in [3.63, 3.8) is 0 Å². The van der Waals surface area contributed by atoms with Crippen molar-refractivity contribution in [3.8, 4) is 0 Å². The molecule has 2 fully saturated rings. The molecular weight excluding hydrogens is 438 g/mol. The Morgan fingerprint density at radius 3 is 2.42 bits per heavy atom. The molecule has 4 rings (SSSR count). The Morgan fingerprint density at radius 1 is 0.970 bits per heavy atom. The molecule has 2 aliphatic heterocycles. The van der Waals surface area contributed by atoms with E-state index in [0.29, 0.717) is 24.5 Å². The number of nitrogens with zero attached hydrogens (tertiary/aromatic N) is 4. The third-order valence-corrected chi connectivity index (χ3v) is 8.72. The van der Waals surface area contributed by atoms with Crippen LogP contribution in [0.3, 0.4) is 0 Å². The molecule has 2 saturated heterocycles. The fourth-order valence-corrected chi connectivity index (χ4v) is 6.27. The molecule has 0 aliphatic carbocycles. The second-order valence-electron chi connectivity index (χ2n) is 9.33. The monoisotopic (exact) mass is 475 g/mol. The minimum atomic E-state index is -3.48. The molecule has 0 atom stereocenters. The predicted molar refractivity (Wildman–Crippen MR) is 131 cm³/mol. The highest BCUT2D eigenvalue weighted by Crippen LogP contribution is 2.25. The number of benzene rings is 1. The highest BCUT2D eigenvalue weighted by atomic mass is 32.2. The van der Waals surface area contributed by atoms with Gasteiger partial charge in [0.2, 0.25) is 15.9 Å². The lowest BCUT2D eigenvalue weighted by atomic mass is 10.2. The van der Waals surface area contributed by atoms with Crippen LogP contribution < -0.4 is 5.32 Å². The van der Waals surface area contributed by atoms with Gasteiger partial charge in [0, 0.05) is 62.9 Å². The van der Waals surface area contributed by atoms with Gasteiger partial charge in [-0.05, 0) is 57.1 Å². The van der Waals surface area contributed by atoms with Crippen molar-refractivity contribution in [2.75, 3.05) is 59.4 Å². The van der Waals surface area contributed by atoms with Crippen LogP contribution in [0.15, 0.2) is 35.4 Å². The molecule has 9 heteroatoms. The number of aromatic nitrogens is 1. The van der Waals surface area contributed by atoms with Crippen LogP contribution in [0.4, 0.5) is 0 Å². The summed E-state index contributed by atoms with van der Waals surface area (Å²) in [5.41, 5.74) is 0.873. The quantitative estimate of drug-likeness (QED) is 0.591. The Hall–Kier alpha value is -1.94. The average molecular weight is 476 g/mol. The Kier molecular flexibility index (Phi) is 8.06. The highest BCUT2D eigenvalue weighted by Gasteiger charge is 2.25. The van der Waals surface area contributed by atoms with Gasteiger partial charge >= 0.3 is 0 Å². The maximum absolute atomic E-state index is 13.1. The molecule has 1 aromatic heterocycles. The summed E-state index contributed by atoms with van der Waals surface area (Å²) in [6, 6.07) is 7.12. The summed E-state index contributed by atoms with van der Waals surface area (Å²) in [5, 5.41) is 3.86. The van der Waals surface area contributed by atoms with Crippen LogP contribution in [-0.4, -0.2) is 92.4 Å². The number of hydrogen-bond donors (Lipinski definition) is 1. The largest absolute Gasteiger partial charge is 0.355 e. The summed E-state index contributed by atoms with van der Waals surface area (Å²) >= 11 is 0. The summed E-state index contributed by atoms with van der Waals surface area (Å²) < 4.78 is 29.7. The van der Waals surface area contributed by atoms with Crippen LogP contribution >= 0.6 is 0 Å². The second kappa shape index (κ2) is 11.0. The number of amides is 1. The third-order valence-electron chi connectivity index (χ3n) is 6.83. The van der Waals surface area contributed by atoms with Crippen LogP contribution in [0.5, 0.6) is 0 Å². The topological polar surface area (TPSA) is 77.9 Å². The molecule has 2 aromatic rings. The lowest BCUT2D eigenvalue weighted by Crippen LogP contribution is -2.45. The number of carbonyl (C=O) groups excluding carboxylic acids is 1. The van der Waals surface area contributed by atoms with Crippen LogP contribution in [0.2, 0.25) is 0 Å². The SMILES string of the molecule is CN1CCN(CCCNC(=O)Cn2ccc3cc(S(=O)(=O)N4CCCCCC4)ccc32)CC1. The maximum Gasteiger partial charge on any atom is 0.243 e. The first-order valence-electron chi connectivity index (χ1n) is 12.2. The first-order chi connectivity index (χ1) is 15.9. The van der Waals surface area contributed by atoms with Gasteiger partial charge < -0.3 is 19.7 Å². The van der Waals surface area contributed by atoms with Gasteiger partial charge in [0.05, 0.1) is 4.90 Å². The Bertz CT molecular complexity index is 1040. The summed E-state index contributed by atoms with van der Waals surface area (Å²) in [4.78, 5) is 17.6.